The first-order valence-electron chi connectivity index (χ1n) is 23.5. The van der Waals surface area contributed by atoms with Crippen LogP contribution in [0.5, 0.6) is 0 Å². The van der Waals surface area contributed by atoms with E-state index in [1.54, 1.807) is 0 Å². The Morgan fingerprint density at radius 3 is 1.45 bits per heavy atom. The van der Waals surface area contributed by atoms with Gasteiger partial charge in [0.15, 0.2) is 0 Å². The molecule has 0 bridgehead atoms. The number of fused-ring (bicyclic) bond motifs is 9. The van der Waals surface area contributed by atoms with Crippen molar-refractivity contribution < 1.29 is 0 Å². The van der Waals surface area contributed by atoms with Crippen LogP contribution in [0.1, 0.15) is 16.7 Å². The van der Waals surface area contributed by atoms with Gasteiger partial charge in [0.1, 0.15) is 0 Å². The summed E-state index contributed by atoms with van der Waals surface area (Å²) < 4.78 is 7.21. The van der Waals surface area contributed by atoms with E-state index >= 15 is 0 Å². The van der Waals surface area contributed by atoms with Gasteiger partial charge in [0, 0.05) is 55.1 Å². The van der Waals surface area contributed by atoms with Gasteiger partial charge < -0.3 is 19.4 Å². The molecule has 10 aromatic carbocycles. The number of hydrogen-bond donors (Lipinski definition) is 1. The van der Waals surface area contributed by atoms with Crippen molar-refractivity contribution in [2.45, 2.75) is 6.54 Å². The zero-order chi connectivity index (χ0) is 45.8. The molecular formula is C64H45N5. The average Bonchev–Trinajstić information content (AvgIpc) is 4.06. The van der Waals surface area contributed by atoms with E-state index in [-0.39, 0.29) is 0 Å². The second-order valence-electron chi connectivity index (χ2n) is 17.7. The van der Waals surface area contributed by atoms with Crippen LogP contribution in [0.25, 0.3) is 99.3 Å². The number of aromatic nitrogens is 3. The molecule has 0 atom stereocenters. The molecule has 0 unspecified atom stereocenters. The van der Waals surface area contributed by atoms with Gasteiger partial charge in [0.05, 0.1) is 45.4 Å². The molecule has 69 heavy (non-hydrogen) atoms. The number of nitrogens with two attached hydrogens (primary N) is 1. The second kappa shape index (κ2) is 16.6. The van der Waals surface area contributed by atoms with Crippen molar-refractivity contribution in [2.75, 3.05) is 0 Å². The lowest BCUT2D eigenvalue weighted by Gasteiger charge is -2.14. The van der Waals surface area contributed by atoms with E-state index in [0.29, 0.717) is 12.2 Å². The van der Waals surface area contributed by atoms with Crippen LogP contribution in [0.2, 0.25) is 0 Å². The van der Waals surface area contributed by atoms with E-state index in [1.807, 2.05) is 42.5 Å². The highest BCUT2D eigenvalue weighted by atomic mass is 15.0. The molecule has 5 nitrogen and oxygen atoms in total. The number of allylic oxidation sites excluding steroid dienone is 1. The lowest BCUT2D eigenvalue weighted by Crippen LogP contribution is -2.04. The Hall–Kier alpha value is -9.19. The van der Waals surface area contributed by atoms with Crippen LogP contribution < -0.4 is 5.73 Å². The number of benzene rings is 10. The van der Waals surface area contributed by atoms with Gasteiger partial charge in [-0.3, -0.25) is 4.99 Å². The molecule has 0 spiro atoms. The third-order valence-electron chi connectivity index (χ3n) is 13.7. The molecule has 0 saturated heterocycles. The maximum absolute atomic E-state index is 6.81. The summed E-state index contributed by atoms with van der Waals surface area (Å²) in [6, 6.07) is 86.7. The van der Waals surface area contributed by atoms with Gasteiger partial charge in [0.2, 0.25) is 0 Å². The van der Waals surface area contributed by atoms with Crippen LogP contribution >= 0.6 is 0 Å². The zero-order valence-corrected chi connectivity index (χ0v) is 37.7. The molecule has 0 saturated carbocycles. The highest BCUT2D eigenvalue weighted by Gasteiger charge is 2.22. The van der Waals surface area contributed by atoms with E-state index < -0.39 is 0 Å². The summed E-state index contributed by atoms with van der Waals surface area (Å²) in [6.07, 6.45) is 2.02. The van der Waals surface area contributed by atoms with E-state index in [2.05, 4.69) is 220 Å². The second-order valence-corrected chi connectivity index (χ2v) is 17.7. The molecule has 0 aliphatic carbocycles. The van der Waals surface area contributed by atoms with Crippen molar-refractivity contribution in [3.63, 3.8) is 0 Å². The fraction of sp³-hybridized carbons (Fsp3) is 0.0156. The van der Waals surface area contributed by atoms with Crippen LogP contribution in [0, 0.1) is 0 Å². The van der Waals surface area contributed by atoms with Gasteiger partial charge in [-0.25, -0.2) is 0 Å². The molecule has 0 fully saturated rings. The molecular weight excluding hydrogens is 839 g/mol. The first-order chi connectivity index (χ1) is 34.2. The minimum atomic E-state index is 0.440. The minimum absolute atomic E-state index is 0.440. The summed E-state index contributed by atoms with van der Waals surface area (Å²) in [7, 11) is 0. The van der Waals surface area contributed by atoms with Gasteiger partial charge in [-0.2, -0.15) is 0 Å². The topological polar surface area (TPSA) is 53.2 Å². The van der Waals surface area contributed by atoms with Crippen molar-refractivity contribution in [1.82, 2.24) is 13.7 Å². The molecule has 13 rings (SSSR count). The Balaban J connectivity index is 1.04. The lowest BCUT2D eigenvalue weighted by molar-refractivity contribution is 1.07. The van der Waals surface area contributed by atoms with Crippen LogP contribution in [0.3, 0.4) is 0 Å². The van der Waals surface area contributed by atoms with Crippen LogP contribution in [0.4, 0.5) is 0 Å². The van der Waals surface area contributed by atoms with Crippen molar-refractivity contribution in [3.05, 3.63) is 265 Å². The molecule has 3 aromatic heterocycles. The number of para-hydroxylation sites is 5. The van der Waals surface area contributed by atoms with Crippen LogP contribution in [-0.2, 0) is 6.54 Å². The Kier molecular flexibility index (Phi) is 9.65. The average molecular weight is 884 g/mol. The molecule has 0 aliphatic rings. The molecule has 0 aliphatic heterocycles. The summed E-state index contributed by atoms with van der Waals surface area (Å²) in [6.45, 7) is 0.440. The fourth-order valence-corrected chi connectivity index (χ4v) is 10.6. The SMILES string of the molecule is N/C(=C\C(=NCc1ccc2c(c1-c1ccc3c(c1)c1ccccc1n3-c1ccc3c(c1)c1ccccc1n3-c1ccccc1)c1ccccc1n2-c1ccccc1)c1ccccc1)c1ccccc1. The quantitative estimate of drug-likeness (QED) is 0.144. The van der Waals surface area contributed by atoms with Crippen molar-refractivity contribution in [3.8, 4) is 28.2 Å². The predicted molar refractivity (Wildman–Crippen MR) is 290 cm³/mol. The van der Waals surface area contributed by atoms with Crippen LogP contribution in [0.15, 0.2) is 254 Å². The fourth-order valence-electron chi connectivity index (χ4n) is 10.6. The monoisotopic (exact) mass is 883 g/mol. The molecule has 13 aromatic rings. The Morgan fingerprint density at radius 2 is 0.826 bits per heavy atom. The predicted octanol–water partition coefficient (Wildman–Crippen LogP) is 15.6. The van der Waals surface area contributed by atoms with E-state index in [0.717, 1.165) is 67.1 Å². The van der Waals surface area contributed by atoms with Gasteiger partial charge in [-0.15, -0.1) is 0 Å². The Labute approximate surface area is 399 Å². The molecule has 2 N–H and O–H groups in total. The van der Waals surface area contributed by atoms with Gasteiger partial charge in [-0.1, -0.05) is 164 Å². The lowest BCUT2D eigenvalue weighted by atomic mass is 9.93. The summed E-state index contributed by atoms with van der Waals surface area (Å²) in [5.41, 5.74) is 24.1. The van der Waals surface area contributed by atoms with Crippen molar-refractivity contribution in [2.24, 2.45) is 10.7 Å². The largest absolute Gasteiger partial charge is 0.398 e. The summed E-state index contributed by atoms with van der Waals surface area (Å²) in [5, 5.41) is 7.23. The zero-order valence-electron chi connectivity index (χ0n) is 37.7. The smallest absolute Gasteiger partial charge is 0.0671 e. The Morgan fingerprint density at radius 1 is 0.377 bits per heavy atom. The number of rotatable bonds is 9. The van der Waals surface area contributed by atoms with Gasteiger partial charge in [0.25, 0.3) is 0 Å². The maximum Gasteiger partial charge on any atom is 0.0671 e. The number of nitrogens with zero attached hydrogens (tertiary/aromatic N) is 4. The van der Waals surface area contributed by atoms with Gasteiger partial charge in [-0.05, 0) is 113 Å². The Bertz CT molecular complexity index is 4140. The third-order valence-corrected chi connectivity index (χ3v) is 13.7. The van der Waals surface area contributed by atoms with Crippen molar-refractivity contribution >= 4 is 76.8 Å². The summed E-state index contributed by atoms with van der Waals surface area (Å²) in [5.74, 6) is 0. The molecule has 0 amide bonds. The molecule has 3 heterocycles. The third kappa shape index (κ3) is 6.74. The summed E-state index contributed by atoms with van der Waals surface area (Å²) >= 11 is 0. The first kappa shape index (κ1) is 40.1. The van der Waals surface area contributed by atoms with Gasteiger partial charge >= 0.3 is 0 Å². The number of hydrogen-bond acceptors (Lipinski definition) is 2. The normalized spacial score (nSPS) is 12.3. The van der Waals surface area contributed by atoms with E-state index in [1.165, 1.54) is 48.9 Å². The first-order valence-corrected chi connectivity index (χ1v) is 23.5. The van der Waals surface area contributed by atoms with Crippen LogP contribution in [-0.4, -0.2) is 19.4 Å². The van der Waals surface area contributed by atoms with E-state index in [9.17, 15) is 0 Å². The number of aliphatic imine (C=N–C) groups is 1. The van der Waals surface area contributed by atoms with E-state index in [4.69, 9.17) is 10.7 Å². The summed E-state index contributed by atoms with van der Waals surface area (Å²) in [4.78, 5) is 5.44. The molecule has 0 radical (unpaired) electrons. The highest BCUT2D eigenvalue weighted by Crippen LogP contribution is 2.44. The standard InChI is InChI=1S/C64H45N5/c65-55(43-19-5-1-6-20-43)41-56(44-21-7-2-8-22-44)66-42-46-34-37-62-64(52-29-15-18-32-59(52)68(62)48-25-11-4-12-26-48)63(46)45-33-36-60-53(39-45)50-27-13-17-31-58(50)69(60)49-35-38-61-54(40-49)51-28-14-16-30-57(51)67(61)47-23-9-3-10-24-47/h1-41H,42,65H2/b55-41-,66-56?. The minimum Gasteiger partial charge on any atom is -0.398 e. The molecule has 326 valence electrons. The van der Waals surface area contributed by atoms with Crippen molar-refractivity contribution in [1.29, 1.82) is 0 Å². The molecule has 5 heteroatoms. The highest BCUT2D eigenvalue weighted by molar-refractivity contribution is 6.19. The maximum atomic E-state index is 6.81.